The molecule has 2 N–H and O–H groups in total. The minimum Gasteiger partial charge on any atom is -0.398 e. The number of rotatable bonds is 2. The summed E-state index contributed by atoms with van der Waals surface area (Å²) in [6.07, 6.45) is 4.07. The van der Waals surface area contributed by atoms with E-state index in [1.165, 1.54) is 0 Å². The molecule has 0 unspecified atom stereocenters. The number of sulfonamides is 1. The van der Waals surface area contributed by atoms with E-state index in [1.54, 1.807) is 23.4 Å². The van der Waals surface area contributed by atoms with Crippen LogP contribution in [0.4, 0.5) is 5.69 Å². The van der Waals surface area contributed by atoms with Crippen molar-refractivity contribution >= 4 is 31.6 Å². The van der Waals surface area contributed by atoms with Crippen molar-refractivity contribution in [1.82, 2.24) is 4.31 Å². The summed E-state index contributed by atoms with van der Waals surface area (Å²) in [5, 5.41) is 0. The Morgan fingerprint density at radius 2 is 1.74 bits per heavy atom. The summed E-state index contributed by atoms with van der Waals surface area (Å²) in [6, 6.07) is 3.38. The van der Waals surface area contributed by atoms with Crippen molar-refractivity contribution in [3.8, 4) is 0 Å². The van der Waals surface area contributed by atoms with E-state index in [0.29, 0.717) is 33.7 Å². The van der Waals surface area contributed by atoms with Gasteiger partial charge in [-0.3, -0.25) is 0 Å². The number of nitrogens with zero attached hydrogens (tertiary/aromatic N) is 1. The van der Waals surface area contributed by atoms with Gasteiger partial charge in [-0.05, 0) is 37.5 Å². The topological polar surface area (TPSA) is 63.4 Å². The number of benzene rings is 1. The van der Waals surface area contributed by atoms with Gasteiger partial charge in [0, 0.05) is 23.2 Å². The summed E-state index contributed by atoms with van der Waals surface area (Å²) < 4.78 is 27.7. The van der Waals surface area contributed by atoms with E-state index >= 15 is 0 Å². The van der Waals surface area contributed by atoms with Gasteiger partial charge in [0.25, 0.3) is 0 Å². The van der Waals surface area contributed by atoms with Gasteiger partial charge in [0.1, 0.15) is 0 Å². The molecule has 0 aliphatic carbocycles. The van der Waals surface area contributed by atoms with Crippen molar-refractivity contribution < 1.29 is 8.42 Å². The van der Waals surface area contributed by atoms with Crippen molar-refractivity contribution in [3.63, 3.8) is 0 Å². The molecular weight excluding hydrogens is 328 g/mol. The summed E-state index contributed by atoms with van der Waals surface area (Å²) in [4.78, 5) is 0.321. The number of halogens is 1. The lowest BCUT2D eigenvalue weighted by molar-refractivity contribution is 0.423. The van der Waals surface area contributed by atoms with Crippen molar-refractivity contribution in [1.29, 1.82) is 0 Å². The average molecular weight is 347 g/mol. The maximum Gasteiger partial charge on any atom is 0.243 e. The van der Waals surface area contributed by atoms with E-state index in [0.717, 1.165) is 25.7 Å². The summed E-state index contributed by atoms with van der Waals surface area (Å²) in [5.74, 6) is 0. The first-order valence-corrected chi connectivity index (χ1v) is 8.72. The highest BCUT2D eigenvalue weighted by molar-refractivity contribution is 9.10. The molecule has 0 atom stereocenters. The molecule has 1 saturated heterocycles. The van der Waals surface area contributed by atoms with E-state index in [1.807, 2.05) is 0 Å². The second-order valence-corrected chi connectivity index (χ2v) is 7.76. The molecule has 106 valence electrons. The summed E-state index contributed by atoms with van der Waals surface area (Å²) in [7, 11) is -3.44. The van der Waals surface area contributed by atoms with Gasteiger partial charge < -0.3 is 5.73 Å². The molecule has 1 fully saturated rings. The van der Waals surface area contributed by atoms with Crippen LogP contribution in [0.3, 0.4) is 0 Å². The molecule has 1 heterocycles. The van der Waals surface area contributed by atoms with Gasteiger partial charge in [-0.15, -0.1) is 0 Å². The van der Waals surface area contributed by atoms with Crippen molar-refractivity contribution in [2.75, 3.05) is 18.8 Å². The SMILES string of the molecule is Cc1c(N)cc(Br)cc1S(=O)(=O)N1CCCCCC1. The van der Waals surface area contributed by atoms with E-state index < -0.39 is 10.0 Å². The molecule has 2 rings (SSSR count). The van der Waals surface area contributed by atoms with Gasteiger partial charge >= 0.3 is 0 Å². The van der Waals surface area contributed by atoms with Crippen LogP contribution in [0.1, 0.15) is 31.2 Å². The molecule has 0 aromatic heterocycles. The Morgan fingerprint density at radius 1 is 1.16 bits per heavy atom. The monoisotopic (exact) mass is 346 g/mol. The van der Waals surface area contributed by atoms with Crippen LogP contribution in [0.15, 0.2) is 21.5 Å². The van der Waals surface area contributed by atoms with Crippen molar-refractivity contribution in [2.45, 2.75) is 37.5 Å². The molecule has 4 nitrogen and oxygen atoms in total. The van der Waals surface area contributed by atoms with Crippen LogP contribution in [0.5, 0.6) is 0 Å². The normalized spacial score (nSPS) is 18.2. The van der Waals surface area contributed by atoms with E-state index in [2.05, 4.69) is 15.9 Å². The molecule has 1 aromatic rings. The number of anilines is 1. The molecule has 6 heteroatoms. The third-order valence-electron chi connectivity index (χ3n) is 3.55. The van der Waals surface area contributed by atoms with Crippen LogP contribution in [0.2, 0.25) is 0 Å². The molecule has 0 spiro atoms. The molecule has 0 amide bonds. The third-order valence-corrected chi connectivity index (χ3v) is 6.03. The van der Waals surface area contributed by atoms with E-state index in [9.17, 15) is 8.42 Å². The maximum atomic E-state index is 12.7. The minimum atomic E-state index is -3.44. The summed E-state index contributed by atoms with van der Waals surface area (Å²) in [6.45, 7) is 2.97. The van der Waals surface area contributed by atoms with E-state index in [4.69, 9.17) is 5.73 Å². The highest BCUT2D eigenvalue weighted by Gasteiger charge is 2.27. The fourth-order valence-corrected chi connectivity index (χ4v) is 4.79. The van der Waals surface area contributed by atoms with Crippen molar-refractivity contribution in [2.24, 2.45) is 0 Å². The standard InChI is InChI=1S/C13H19BrN2O2S/c1-10-12(15)8-11(14)9-13(10)19(17,18)16-6-4-2-3-5-7-16/h8-9H,2-7,15H2,1H3. The zero-order chi connectivity index (χ0) is 14.0. The maximum absolute atomic E-state index is 12.7. The molecule has 1 aromatic carbocycles. The third kappa shape index (κ3) is 3.12. The first kappa shape index (κ1) is 14.8. The van der Waals surface area contributed by atoms with Crippen LogP contribution < -0.4 is 5.73 Å². The average Bonchev–Trinajstić information content (AvgIpc) is 2.62. The molecule has 1 aliphatic heterocycles. The number of hydrogen-bond donors (Lipinski definition) is 1. The van der Waals surface area contributed by atoms with Gasteiger partial charge in [0.2, 0.25) is 10.0 Å². The van der Waals surface area contributed by atoms with Gasteiger partial charge in [-0.2, -0.15) is 4.31 Å². The largest absolute Gasteiger partial charge is 0.398 e. The van der Waals surface area contributed by atoms with Crippen LogP contribution in [0, 0.1) is 6.92 Å². The Hall–Kier alpha value is -0.590. The molecule has 1 aliphatic rings. The zero-order valence-corrected chi connectivity index (χ0v) is 13.4. The Bertz CT molecular complexity index is 564. The molecule has 0 radical (unpaired) electrons. The van der Waals surface area contributed by atoms with Gasteiger partial charge in [0.15, 0.2) is 0 Å². The minimum absolute atomic E-state index is 0.321. The summed E-state index contributed by atoms with van der Waals surface area (Å²) >= 11 is 3.32. The van der Waals surface area contributed by atoms with Gasteiger partial charge in [-0.1, -0.05) is 28.8 Å². The van der Waals surface area contributed by atoms with Gasteiger partial charge in [0.05, 0.1) is 4.90 Å². The fourth-order valence-electron chi connectivity index (χ4n) is 2.36. The number of hydrogen-bond acceptors (Lipinski definition) is 3. The fraction of sp³-hybridized carbons (Fsp3) is 0.538. The lowest BCUT2D eigenvalue weighted by atomic mass is 10.2. The highest BCUT2D eigenvalue weighted by Crippen LogP contribution is 2.29. The number of nitrogen functional groups attached to an aromatic ring is 1. The first-order chi connectivity index (χ1) is 8.93. The Labute approximate surface area is 123 Å². The van der Waals surface area contributed by atoms with E-state index in [-0.39, 0.29) is 0 Å². The number of nitrogens with two attached hydrogens (primary N) is 1. The van der Waals surface area contributed by atoms with Crippen LogP contribution in [0.25, 0.3) is 0 Å². The second-order valence-electron chi connectivity index (χ2n) is 4.94. The highest BCUT2D eigenvalue weighted by atomic mass is 79.9. The molecule has 19 heavy (non-hydrogen) atoms. The molecule has 0 bridgehead atoms. The van der Waals surface area contributed by atoms with Crippen LogP contribution >= 0.6 is 15.9 Å². The quantitative estimate of drug-likeness (QED) is 0.837. The van der Waals surface area contributed by atoms with Crippen molar-refractivity contribution in [3.05, 3.63) is 22.2 Å². The first-order valence-electron chi connectivity index (χ1n) is 6.48. The predicted molar refractivity (Wildman–Crippen MR) is 80.5 cm³/mol. The summed E-state index contributed by atoms with van der Waals surface area (Å²) in [5.41, 5.74) is 7.00. The lowest BCUT2D eigenvalue weighted by Gasteiger charge is -2.21. The Kier molecular flexibility index (Phi) is 4.53. The molecule has 0 saturated carbocycles. The lowest BCUT2D eigenvalue weighted by Crippen LogP contribution is -2.32. The zero-order valence-electron chi connectivity index (χ0n) is 11.0. The second kappa shape index (κ2) is 5.81. The van der Waals surface area contributed by atoms with Crippen LogP contribution in [-0.2, 0) is 10.0 Å². The smallest absolute Gasteiger partial charge is 0.243 e. The molecular formula is C13H19BrN2O2S. The van der Waals surface area contributed by atoms with Crippen LogP contribution in [-0.4, -0.2) is 25.8 Å². The Balaban J connectivity index is 2.44. The van der Waals surface area contributed by atoms with Gasteiger partial charge in [-0.25, -0.2) is 8.42 Å². The Morgan fingerprint density at radius 3 is 2.32 bits per heavy atom. The predicted octanol–water partition coefficient (Wildman–Crippen LogP) is 2.90.